The molecule has 0 aromatic rings. The summed E-state index contributed by atoms with van der Waals surface area (Å²) in [5, 5.41) is 3.01. The molecule has 0 fully saturated rings. The molecular formula is C5H17N2O3PS2. The van der Waals surface area contributed by atoms with E-state index in [-0.39, 0.29) is 13.5 Å². The van der Waals surface area contributed by atoms with Gasteiger partial charge < -0.3 is 20.8 Å². The molecule has 0 heterocycles. The van der Waals surface area contributed by atoms with Gasteiger partial charge in [0.15, 0.2) is 0 Å². The van der Waals surface area contributed by atoms with Crippen molar-refractivity contribution in [1.29, 1.82) is 0 Å². The van der Waals surface area contributed by atoms with Crippen LogP contribution in [0.3, 0.4) is 0 Å². The van der Waals surface area contributed by atoms with Crippen molar-refractivity contribution < 1.29 is 14.4 Å². The number of hydrogen-bond donors (Lipinski definition) is 4. The molecule has 0 saturated heterocycles. The summed E-state index contributed by atoms with van der Waals surface area (Å²) in [5.41, 5.74) is 5.24. The fourth-order valence-corrected chi connectivity index (χ4v) is 2.05. The van der Waals surface area contributed by atoms with Gasteiger partial charge in [-0.2, -0.15) is 13.5 Å². The van der Waals surface area contributed by atoms with E-state index in [2.05, 4.69) is 5.32 Å². The summed E-state index contributed by atoms with van der Waals surface area (Å²) in [5.74, 6) is 0.425. The van der Waals surface area contributed by atoms with Crippen LogP contribution in [-0.2, 0) is 4.57 Å². The van der Waals surface area contributed by atoms with Gasteiger partial charge in [-0.25, -0.2) is 4.57 Å². The smallest absolute Gasteiger partial charge is 0.330 e. The van der Waals surface area contributed by atoms with E-state index in [1.54, 1.807) is 0 Å². The van der Waals surface area contributed by atoms with Gasteiger partial charge in [0.05, 0.1) is 0 Å². The maximum Gasteiger partial charge on any atom is 0.384 e. The average molecular weight is 248 g/mol. The van der Waals surface area contributed by atoms with Crippen LogP contribution in [0.4, 0.5) is 0 Å². The first kappa shape index (κ1) is 16.2. The van der Waals surface area contributed by atoms with E-state index < -0.39 is 6.80 Å². The molecule has 82 valence electrons. The van der Waals surface area contributed by atoms with Crippen LogP contribution in [0.1, 0.15) is 6.42 Å². The molecule has 5 N–H and O–H groups in total. The second-order valence-corrected chi connectivity index (χ2v) is 6.07. The summed E-state index contributed by atoms with van der Waals surface area (Å²) in [6, 6.07) is 0. The lowest BCUT2D eigenvalue weighted by molar-refractivity contribution is 0.397. The first-order valence-electron chi connectivity index (χ1n) is 3.67. The second-order valence-electron chi connectivity index (χ2n) is 2.22. The van der Waals surface area contributed by atoms with Crippen LogP contribution in [0, 0.1) is 0 Å². The van der Waals surface area contributed by atoms with Gasteiger partial charge in [-0.15, -0.1) is 0 Å². The molecule has 0 rings (SSSR count). The molecule has 0 aromatic carbocycles. The molecular weight excluding hydrogens is 231 g/mol. The Labute approximate surface area is 89.2 Å². The lowest BCUT2D eigenvalue weighted by Crippen LogP contribution is -2.20. The minimum Gasteiger partial charge on any atom is -0.330 e. The molecule has 0 amide bonds. The normalized spacial score (nSPS) is 11.0. The zero-order valence-electron chi connectivity index (χ0n) is 7.27. The summed E-state index contributed by atoms with van der Waals surface area (Å²) in [6.07, 6.45) is 0.889. The third-order valence-corrected chi connectivity index (χ3v) is 3.38. The van der Waals surface area contributed by atoms with Crippen LogP contribution in [0.2, 0.25) is 0 Å². The highest BCUT2D eigenvalue weighted by Gasteiger charge is 2.11. The van der Waals surface area contributed by atoms with Gasteiger partial charge >= 0.3 is 6.80 Å². The predicted molar refractivity (Wildman–Crippen MR) is 61.4 cm³/mol. The highest BCUT2D eigenvalue weighted by molar-refractivity contribution is 8.54. The van der Waals surface area contributed by atoms with E-state index in [1.165, 1.54) is 0 Å². The van der Waals surface area contributed by atoms with Crippen LogP contribution in [0.5, 0.6) is 0 Å². The largest absolute Gasteiger partial charge is 0.384 e. The van der Waals surface area contributed by atoms with Crippen molar-refractivity contribution in [2.24, 2.45) is 5.73 Å². The molecule has 13 heavy (non-hydrogen) atoms. The van der Waals surface area contributed by atoms with Gasteiger partial charge in [0.25, 0.3) is 0 Å². The maximum absolute atomic E-state index is 10.3. The summed E-state index contributed by atoms with van der Waals surface area (Å²) in [6.45, 7) is -1.82. The van der Waals surface area contributed by atoms with E-state index in [4.69, 9.17) is 15.5 Å². The summed E-state index contributed by atoms with van der Waals surface area (Å²) in [4.78, 5) is 16.9. The van der Waals surface area contributed by atoms with Crippen LogP contribution < -0.4 is 11.1 Å². The van der Waals surface area contributed by atoms with Crippen molar-refractivity contribution in [2.45, 2.75) is 6.42 Å². The fourth-order valence-electron chi connectivity index (χ4n) is 0.589. The van der Waals surface area contributed by atoms with Gasteiger partial charge in [0, 0.05) is 12.3 Å². The van der Waals surface area contributed by atoms with E-state index in [1.807, 2.05) is 0 Å². The monoisotopic (exact) mass is 248 g/mol. The molecule has 0 aliphatic rings. The first-order chi connectivity index (χ1) is 5.56. The maximum atomic E-state index is 10.3. The molecule has 0 saturated carbocycles. The van der Waals surface area contributed by atoms with E-state index >= 15 is 0 Å². The predicted octanol–water partition coefficient (Wildman–Crippen LogP) is -0.136. The summed E-state index contributed by atoms with van der Waals surface area (Å²) >= 11 is 0.665. The minimum absolute atomic E-state index is 0. The third kappa shape index (κ3) is 15.5. The quantitative estimate of drug-likeness (QED) is 0.370. The Balaban J connectivity index is 0. The van der Waals surface area contributed by atoms with Crippen molar-refractivity contribution in [3.63, 3.8) is 0 Å². The molecule has 0 spiro atoms. The van der Waals surface area contributed by atoms with E-state index in [9.17, 15) is 4.57 Å². The average Bonchev–Trinajstić information content (AvgIpc) is 1.94. The van der Waals surface area contributed by atoms with Gasteiger partial charge in [-0.05, 0) is 30.9 Å². The number of hydrogen-bond acceptors (Lipinski definition) is 4. The van der Waals surface area contributed by atoms with E-state index in [0.29, 0.717) is 30.2 Å². The summed E-state index contributed by atoms with van der Waals surface area (Å²) in [7, 11) is 0. The zero-order valence-corrected chi connectivity index (χ0v) is 9.98. The minimum atomic E-state index is -3.87. The Hall–Kier alpha value is 0.770. The van der Waals surface area contributed by atoms with E-state index in [0.717, 1.165) is 13.0 Å². The number of nitrogens with one attached hydrogen (secondary N) is 1. The van der Waals surface area contributed by atoms with Crippen molar-refractivity contribution in [3.05, 3.63) is 0 Å². The highest BCUT2D eigenvalue weighted by atomic mass is 32.7. The summed E-state index contributed by atoms with van der Waals surface area (Å²) < 4.78 is 10.3. The third-order valence-electron chi connectivity index (χ3n) is 1.10. The molecule has 8 heteroatoms. The van der Waals surface area contributed by atoms with Gasteiger partial charge in [-0.3, -0.25) is 0 Å². The van der Waals surface area contributed by atoms with Gasteiger partial charge in [0.1, 0.15) is 0 Å². The van der Waals surface area contributed by atoms with Crippen LogP contribution in [0.15, 0.2) is 0 Å². The SMILES string of the molecule is NCCCNCCSP(=O)(O)O.S. The number of nitrogens with two attached hydrogens (primary N) is 1. The Morgan fingerprint density at radius 1 is 1.38 bits per heavy atom. The molecule has 0 aliphatic carbocycles. The van der Waals surface area contributed by atoms with Crippen molar-refractivity contribution >= 4 is 31.7 Å². The standard InChI is InChI=1S/C5H15N2O3PS.H2S/c6-2-1-3-7-4-5-12-11(8,9)10;/h7H,1-6H2,(H2,8,9,10);1H2. The van der Waals surface area contributed by atoms with Crippen LogP contribution in [0.25, 0.3) is 0 Å². The Morgan fingerprint density at radius 2 is 2.00 bits per heavy atom. The Kier molecular flexibility index (Phi) is 11.6. The van der Waals surface area contributed by atoms with Crippen LogP contribution >= 0.6 is 31.7 Å². The molecule has 5 nitrogen and oxygen atoms in total. The zero-order chi connectivity index (χ0) is 9.45. The molecule has 0 atom stereocenters. The van der Waals surface area contributed by atoms with Gasteiger partial charge in [0.2, 0.25) is 0 Å². The van der Waals surface area contributed by atoms with Crippen LogP contribution in [-0.4, -0.2) is 35.2 Å². The molecule has 0 bridgehead atoms. The fraction of sp³-hybridized carbons (Fsp3) is 1.00. The molecule has 0 aromatic heterocycles. The number of rotatable bonds is 7. The molecule has 0 aliphatic heterocycles. The Bertz CT molecular complexity index is 155. The molecule has 0 radical (unpaired) electrons. The lowest BCUT2D eigenvalue weighted by Gasteiger charge is -2.04. The first-order valence-corrected chi connectivity index (χ1v) is 6.87. The molecule has 0 unspecified atom stereocenters. The topological polar surface area (TPSA) is 95.6 Å². The van der Waals surface area contributed by atoms with Crippen molar-refractivity contribution in [1.82, 2.24) is 5.32 Å². The van der Waals surface area contributed by atoms with Crippen molar-refractivity contribution in [3.8, 4) is 0 Å². The highest BCUT2D eigenvalue weighted by Crippen LogP contribution is 2.49. The van der Waals surface area contributed by atoms with Gasteiger partial charge in [-0.1, -0.05) is 0 Å². The second kappa shape index (κ2) is 9.33. The Morgan fingerprint density at radius 3 is 2.46 bits per heavy atom. The van der Waals surface area contributed by atoms with Crippen molar-refractivity contribution in [2.75, 3.05) is 25.4 Å². The lowest BCUT2D eigenvalue weighted by atomic mass is 10.4.